The van der Waals surface area contributed by atoms with Crippen LogP contribution in [0, 0.1) is 0 Å². The van der Waals surface area contributed by atoms with Crippen LogP contribution in [0.4, 0.5) is 0 Å². The summed E-state index contributed by atoms with van der Waals surface area (Å²) in [5.74, 6) is -0.890. The summed E-state index contributed by atoms with van der Waals surface area (Å²) in [6.07, 6.45) is 1.12. The predicted molar refractivity (Wildman–Crippen MR) is 69.9 cm³/mol. The summed E-state index contributed by atoms with van der Waals surface area (Å²) in [5.41, 5.74) is -0.563. The number of aromatic nitrogens is 2. The molecule has 2 N–H and O–H groups in total. The molecule has 0 bridgehead atoms. The van der Waals surface area contributed by atoms with Crippen LogP contribution >= 0.6 is 11.6 Å². The van der Waals surface area contributed by atoms with Crippen molar-refractivity contribution in [2.75, 3.05) is 7.11 Å². The number of carbonyl (C=O) groups is 1. The molecule has 1 aromatic carbocycles. The van der Waals surface area contributed by atoms with Crippen LogP contribution in [-0.2, 0) is 0 Å². The highest BCUT2D eigenvalue weighted by atomic mass is 35.5. The van der Waals surface area contributed by atoms with E-state index in [1.807, 2.05) is 0 Å². The van der Waals surface area contributed by atoms with E-state index in [-0.39, 0.29) is 28.0 Å². The molecule has 7 nitrogen and oxygen atoms in total. The van der Waals surface area contributed by atoms with Crippen LogP contribution in [0.5, 0.6) is 17.4 Å². The third-order valence-corrected chi connectivity index (χ3v) is 2.72. The summed E-state index contributed by atoms with van der Waals surface area (Å²) in [4.78, 5) is 28.3. The number of H-pyrrole nitrogens is 1. The molecule has 8 heteroatoms. The van der Waals surface area contributed by atoms with Crippen LogP contribution in [0.2, 0.25) is 5.02 Å². The largest absolute Gasteiger partial charge is 0.493 e. The Hall–Kier alpha value is -2.54. The Morgan fingerprint density at radius 3 is 2.80 bits per heavy atom. The monoisotopic (exact) mass is 296 g/mol. The molecule has 1 heterocycles. The van der Waals surface area contributed by atoms with Gasteiger partial charge in [0, 0.05) is 0 Å². The lowest BCUT2D eigenvalue weighted by atomic mass is 10.2. The first-order chi connectivity index (χ1) is 9.52. The number of benzene rings is 1. The molecule has 20 heavy (non-hydrogen) atoms. The summed E-state index contributed by atoms with van der Waals surface area (Å²) >= 11 is 5.75. The van der Waals surface area contributed by atoms with Gasteiger partial charge < -0.3 is 19.6 Å². The van der Waals surface area contributed by atoms with Crippen molar-refractivity contribution in [2.24, 2.45) is 0 Å². The van der Waals surface area contributed by atoms with Gasteiger partial charge in [0.25, 0.3) is 5.56 Å². The van der Waals surface area contributed by atoms with E-state index in [1.54, 1.807) is 0 Å². The number of aromatic amines is 1. The molecule has 0 unspecified atom stereocenters. The minimum atomic E-state index is -1.12. The van der Waals surface area contributed by atoms with E-state index in [0.29, 0.717) is 0 Å². The van der Waals surface area contributed by atoms with Crippen molar-refractivity contribution >= 4 is 17.6 Å². The third kappa shape index (κ3) is 2.72. The number of rotatable bonds is 4. The van der Waals surface area contributed by atoms with E-state index in [9.17, 15) is 9.59 Å². The molecule has 0 saturated carbocycles. The van der Waals surface area contributed by atoms with E-state index in [2.05, 4.69) is 9.97 Å². The lowest BCUT2D eigenvalue weighted by Gasteiger charge is -2.10. The number of ether oxygens (including phenoxy) is 2. The fraction of sp³-hybridized carbons (Fsp3) is 0.0833. The van der Waals surface area contributed by atoms with Crippen LogP contribution in [0.15, 0.2) is 29.3 Å². The summed E-state index contributed by atoms with van der Waals surface area (Å²) in [6.45, 7) is 0. The molecule has 0 fully saturated rings. The first-order valence-corrected chi connectivity index (χ1v) is 5.73. The van der Waals surface area contributed by atoms with E-state index in [4.69, 9.17) is 26.2 Å². The highest BCUT2D eigenvalue weighted by Gasteiger charge is 2.14. The van der Waals surface area contributed by atoms with Crippen molar-refractivity contribution in [3.63, 3.8) is 0 Å². The SMILES string of the molecule is COc1ccc(C(=O)O)cc1Oc1nc[nH]c(=O)c1Cl. The molecule has 0 aliphatic heterocycles. The second kappa shape index (κ2) is 5.62. The smallest absolute Gasteiger partial charge is 0.335 e. The molecule has 0 atom stereocenters. The Morgan fingerprint density at radius 1 is 1.40 bits per heavy atom. The van der Waals surface area contributed by atoms with Crippen molar-refractivity contribution in [3.8, 4) is 17.4 Å². The number of carboxylic acid groups (broad SMARTS) is 1. The van der Waals surface area contributed by atoms with Crippen LogP contribution in [-0.4, -0.2) is 28.2 Å². The van der Waals surface area contributed by atoms with Gasteiger partial charge in [0.15, 0.2) is 16.5 Å². The van der Waals surface area contributed by atoms with E-state index in [1.165, 1.54) is 25.3 Å². The summed E-state index contributed by atoms with van der Waals surface area (Å²) in [5, 5.41) is 8.70. The molecular weight excluding hydrogens is 288 g/mol. The highest BCUT2D eigenvalue weighted by Crippen LogP contribution is 2.33. The van der Waals surface area contributed by atoms with Crippen molar-refractivity contribution < 1.29 is 19.4 Å². The van der Waals surface area contributed by atoms with Crippen LogP contribution in [0.1, 0.15) is 10.4 Å². The molecule has 1 aromatic heterocycles. The highest BCUT2D eigenvalue weighted by molar-refractivity contribution is 6.31. The molecule has 0 amide bonds. The number of nitrogens with one attached hydrogen (secondary N) is 1. The number of hydrogen-bond donors (Lipinski definition) is 2. The topological polar surface area (TPSA) is 102 Å². The quantitative estimate of drug-likeness (QED) is 0.894. The Labute approximate surface area is 117 Å². The zero-order chi connectivity index (χ0) is 14.7. The van der Waals surface area contributed by atoms with E-state index < -0.39 is 11.5 Å². The molecule has 2 aromatic rings. The fourth-order valence-electron chi connectivity index (χ4n) is 1.43. The average molecular weight is 297 g/mol. The minimum absolute atomic E-state index is 0.00163. The van der Waals surface area contributed by atoms with Gasteiger partial charge in [-0.15, -0.1) is 0 Å². The second-order valence-electron chi connectivity index (χ2n) is 3.62. The Balaban J connectivity index is 2.46. The average Bonchev–Trinajstić information content (AvgIpc) is 2.43. The van der Waals surface area contributed by atoms with Gasteiger partial charge in [-0.3, -0.25) is 4.79 Å². The van der Waals surface area contributed by atoms with Gasteiger partial charge in [0.1, 0.15) is 0 Å². The van der Waals surface area contributed by atoms with Gasteiger partial charge in [-0.25, -0.2) is 9.78 Å². The molecule has 0 aliphatic rings. The number of aromatic carboxylic acids is 1. The molecule has 2 rings (SSSR count). The zero-order valence-corrected chi connectivity index (χ0v) is 11.0. The number of carboxylic acids is 1. The predicted octanol–water partition coefficient (Wildman–Crippen LogP) is 1.92. The minimum Gasteiger partial charge on any atom is -0.493 e. The molecule has 104 valence electrons. The zero-order valence-electron chi connectivity index (χ0n) is 10.2. The van der Waals surface area contributed by atoms with Gasteiger partial charge in [-0.2, -0.15) is 0 Å². The summed E-state index contributed by atoms with van der Waals surface area (Å²) in [7, 11) is 1.40. The first kappa shape index (κ1) is 13.9. The maximum absolute atomic E-state index is 11.3. The van der Waals surface area contributed by atoms with Crippen molar-refractivity contribution in [1.82, 2.24) is 9.97 Å². The van der Waals surface area contributed by atoms with Crippen LogP contribution in [0.3, 0.4) is 0 Å². The lowest BCUT2D eigenvalue weighted by Crippen LogP contribution is -2.08. The third-order valence-electron chi connectivity index (χ3n) is 2.38. The molecular formula is C12H9ClN2O5. The number of methoxy groups -OCH3 is 1. The summed E-state index contributed by atoms with van der Waals surface area (Å²) < 4.78 is 10.4. The van der Waals surface area contributed by atoms with Crippen molar-refractivity contribution in [3.05, 3.63) is 45.5 Å². The van der Waals surface area contributed by atoms with E-state index >= 15 is 0 Å². The van der Waals surface area contributed by atoms with Crippen molar-refractivity contribution in [2.45, 2.75) is 0 Å². The maximum atomic E-state index is 11.3. The Bertz CT molecular complexity index is 713. The van der Waals surface area contributed by atoms with Crippen LogP contribution < -0.4 is 15.0 Å². The fourth-order valence-corrected chi connectivity index (χ4v) is 1.57. The molecule has 0 radical (unpaired) electrons. The maximum Gasteiger partial charge on any atom is 0.335 e. The second-order valence-corrected chi connectivity index (χ2v) is 4.00. The van der Waals surface area contributed by atoms with E-state index in [0.717, 1.165) is 6.33 Å². The Kier molecular flexibility index (Phi) is 3.90. The van der Waals surface area contributed by atoms with Gasteiger partial charge >= 0.3 is 5.97 Å². The van der Waals surface area contributed by atoms with Gasteiger partial charge in [-0.1, -0.05) is 11.6 Å². The van der Waals surface area contributed by atoms with Crippen molar-refractivity contribution in [1.29, 1.82) is 0 Å². The standard InChI is InChI=1S/C12H9ClN2O5/c1-19-7-3-2-6(12(17)18)4-8(7)20-11-9(13)10(16)14-5-15-11/h2-5H,1H3,(H,17,18)(H,14,15,16). The van der Waals surface area contributed by atoms with Gasteiger partial charge in [-0.05, 0) is 18.2 Å². The van der Waals surface area contributed by atoms with Gasteiger partial charge in [0.05, 0.1) is 19.0 Å². The number of halogens is 1. The molecule has 0 saturated heterocycles. The molecule has 0 spiro atoms. The summed E-state index contributed by atoms with van der Waals surface area (Å²) in [6, 6.07) is 4.04. The van der Waals surface area contributed by atoms with Crippen LogP contribution in [0.25, 0.3) is 0 Å². The van der Waals surface area contributed by atoms with Gasteiger partial charge in [0.2, 0.25) is 5.88 Å². The Morgan fingerprint density at radius 2 is 2.15 bits per heavy atom. The molecule has 0 aliphatic carbocycles. The first-order valence-electron chi connectivity index (χ1n) is 5.35. The lowest BCUT2D eigenvalue weighted by molar-refractivity contribution is 0.0696. The normalized spacial score (nSPS) is 10.1. The number of nitrogens with zero attached hydrogens (tertiary/aromatic N) is 1. The number of hydrogen-bond acceptors (Lipinski definition) is 5.